The number of thiazole rings is 1. The van der Waals surface area contributed by atoms with Crippen LogP contribution in [-0.4, -0.2) is 71.2 Å². The van der Waals surface area contributed by atoms with Gasteiger partial charge < -0.3 is 19.7 Å². The van der Waals surface area contributed by atoms with E-state index in [1.165, 1.54) is 29.5 Å². The summed E-state index contributed by atoms with van der Waals surface area (Å²) >= 11 is 4.55. The number of nitrogens with zero attached hydrogens (tertiary/aromatic N) is 4. The van der Waals surface area contributed by atoms with E-state index in [9.17, 15) is 14.4 Å². The first-order valence-corrected chi connectivity index (χ1v) is 11.4. The van der Waals surface area contributed by atoms with Crippen LogP contribution >= 0.6 is 27.3 Å². The van der Waals surface area contributed by atoms with Crippen LogP contribution < -0.4 is 10.2 Å². The molecule has 10 nitrogen and oxygen atoms in total. The molecule has 1 aliphatic heterocycles. The first-order chi connectivity index (χ1) is 15.1. The van der Waals surface area contributed by atoms with Gasteiger partial charge in [0, 0.05) is 31.2 Å². The third-order valence-electron chi connectivity index (χ3n) is 4.58. The van der Waals surface area contributed by atoms with E-state index >= 15 is 0 Å². The van der Waals surface area contributed by atoms with E-state index in [1.807, 2.05) is 4.90 Å². The molecule has 1 fully saturated rings. The summed E-state index contributed by atoms with van der Waals surface area (Å²) in [6, 6.07) is 0.874. The highest BCUT2D eigenvalue weighted by Crippen LogP contribution is 2.29. The zero-order chi connectivity index (χ0) is 23.5. The molecule has 2 aromatic rings. The minimum Gasteiger partial charge on any atom is -0.467 e. The summed E-state index contributed by atoms with van der Waals surface area (Å²) in [5.41, 5.74) is 0.720. The molecule has 0 aromatic carbocycles. The number of hydrogen-bond acceptors (Lipinski definition) is 9. The number of amides is 2. The Morgan fingerprint density at radius 3 is 2.66 bits per heavy atom. The molecule has 1 atom stereocenters. The largest absolute Gasteiger partial charge is 0.467 e. The van der Waals surface area contributed by atoms with Gasteiger partial charge in [-0.05, 0) is 42.8 Å². The summed E-state index contributed by atoms with van der Waals surface area (Å²) < 4.78 is 11.0. The second-order valence-electron chi connectivity index (χ2n) is 7.99. The molecule has 2 aromatic heterocycles. The van der Waals surface area contributed by atoms with Gasteiger partial charge in [-0.2, -0.15) is 0 Å². The van der Waals surface area contributed by atoms with Crippen molar-refractivity contribution in [3.63, 3.8) is 0 Å². The van der Waals surface area contributed by atoms with Crippen molar-refractivity contribution in [2.75, 3.05) is 37.0 Å². The normalized spacial score (nSPS) is 16.5. The monoisotopic (exact) mass is 525 g/mol. The number of hydrogen-bond donors (Lipinski definition) is 1. The number of pyridine rings is 1. The highest BCUT2D eigenvalue weighted by atomic mass is 79.9. The van der Waals surface area contributed by atoms with Gasteiger partial charge in [-0.15, -0.1) is 11.3 Å². The van der Waals surface area contributed by atoms with Gasteiger partial charge >= 0.3 is 12.1 Å². The zero-order valence-electron chi connectivity index (χ0n) is 18.1. The Balaban J connectivity index is 1.81. The van der Waals surface area contributed by atoms with Gasteiger partial charge in [0.1, 0.15) is 11.3 Å². The molecule has 0 spiro atoms. The average molecular weight is 526 g/mol. The molecular formula is C20H24BrN5O5S. The standard InChI is InChI=1S/C20H24BrN5O5S/c1-20(2,3)31-19(29)26-8-7-25(10-15(26)17(28)30-4)14-5-6-22-9-12(14)23-16(27)13-11-32-18(21)24-13/h5-6,9,11,15H,7-8,10H2,1-4H3,(H,23,27)/t15-/m0/s1. The fourth-order valence-electron chi connectivity index (χ4n) is 3.18. The molecule has 3 heterocycles. The van der Waals surface area contributed by atoms with Gasteiger partial charge in [-0.3, -0.25) is 14.7 Å². The number of rotatable bonds is 4. The van der Waals surface area contributed by atoms with Crippen molar-refractivity contribution < 1.29 is 23.9 Å². The third-order valence-corrected chi connectivity index (χ3v) is 5.94. The molecule has 0 bridgehead atoms. The van der Waals surface area contributed by atoms with Crippen LogP contribution in [0, 0.1) is 0 Å². The molecule has 172 valence electrons. The van der Waals surface area contributed by atoms with E-state index < -0.39 is 23.7 Å². The lowest BCUT2D eigenvalue weighted by Crippen LogP contribution is -2.59. The molecule has 0 aliphatic carbocycles. The lowest BCUT2D eigenvalue weighted by Gasteiger charge is -2.41. The Hall–Kier alpha value is -2.73. The number of aromatic nitrogens is 2. The fraction of sp³-hybridized carbons (Fsp3) is 0.450. The van der Waals surface area contributed by atoms with Crippen molar-refractivity contribution in [1.82, 2.24) is 14.9 Å². The number of anilines is 2. The number of esters is 1. The predicted octanol–water partition coefficient (Wildman–Crippen LogP) is 3.15. The predicted molar refractivity (Wildman–Crippen MR) is 123 cm³/mol. The maximum atomic E-state index is 12.7. The van der Waals surface area contributed by atoms with Crippen molar-refractivity contribution in [3.8, 4) is 0 Å². The summed E-state index contributed by atoms with van der Waals surface area (Å²) in [5.74, 6) is -0.925. The van der Waals surface area contributed by atoms with E-state index in [2.05, 4.69) is 31.2 Å². The average Bonchev–Trinajstić information content (AvgIpc) is 3.18. The highest BCUT2D eigenvalue weighted by Gasteiger charge is 2.39. The third kappa shape index (κ3) is 5.74. The van der Waals surface area contributed by atoms with E-state index in [0.29, 0.717) is 21.8 Å². The Morgan fingerprint density at radius 1 is 1.28 bits per heavy atom. The topological polar surface area (TPSA) is 114 Å². The minimum absolute atomic E-state index is 0.168. The SMILES string of the molecule is COC(=O)[C@@H]1CN(c2ccncc2NC(=O)c2csc(Br)n2)CCN1C(=O)OC(C)(C)C. The van der Waals surface area contributed by atoms with E-state index in [1.54, 1.807) is 38.4 Å². The molecular weight excluding hydrogens is 502 g/mol. The molecule has 12 heteroatoms. The van der Waals surface area contributed by atoms with Gasteiger partial charge in [-0.25, -0.2) is 14.6 Å². The van der Waals surface area contributed by atoms with Crippen LogP contribution in [0.25, 0.3) is 0 Å². The number of halogens is 1. The number of methoxy groups -OCH3 is 1. The first kappa shape index (κ1) is 23.9. The number of ether oxygens (including phenoxy) is 2. The molecule has 3 rings (SSSR count). The van der Waals surface area contributed by atoms with Crippen LogP contribution in [0.4, 0.5) is 16.2 Å². The number of nitrogens with one attached hydrogen (secondary N) is 1. The quantitative estimate of drug-likeness (QED) is 0.605. The van der Waals surface area contributed by atoms with Gasteiger partial charge in [0.05, 0.1) is 24.7 Å². The highest BCUT2D eigenvalue weighted by molar-refractivity contribution is 9.11. The molecule has 0 saturated carbocycles. The van der Waals surface area contributed by atoms with Crippen molar-refractivity contribution >= 4 is 56.6 Å². The fourth-order valence-corrected chi connectivity index (χ4v) is 4.17. The molecule has 0 radical (unpaired) electrons. The Kier molecular flexibility index (Phi) is 7.34. The van der Waals surface area contributed by atoms with Crippen LogP contribution in [0.1, 0.15) is 31.3 Å². The van der Waals surface area contributed by atoms with E-state index in [-0.39, 0.29) is 24.7 Å². The zero-order valence-corrected chi connectivity index (χ0v) is 20.5. The molecule has 1 N–H and O–H groups in total. The van der Waals surface area contributed by atoms with Gasteiger partial charge in [0.2, 0.25) is 0 Å². The molecule has 0 unspecified atom stereocenters. The maximum absolute atomic E-state index is 12.7. The Morgan fingerprint density at radius 2 is 2.03 bits per heavy atom. The molecule has 2 amide bonds. The molecule has 32 heavy (non-hydrogen) atoms. The van der Waals surface area contributed by atoms with Crippen LogP contribution in [0.5, 0.6) is 0 Å². The second kappa shape index (κ2) is 9.82. The van der Waals surface area contributed by atoms with Crippen molar-refractivity contribution in [2.45, 2.75) is 32.4 Å². The maximum Gasteiger partial charge on any atom is 0.411 e. The number of carbonyl (C=O) groups excluding carboxylic acids is 3. The number of piperazine rings is 1. The summed E-state index contributed by atoms with van der Waals surface area (Å²) in [6.07, 6.45) is 2.55. The van der Waals surface area contributed by atoms with Crippen LogP contribution in [0.2, 0.25) is 0 Å². The second-order valence-corrected chi connectivity index (χ2v) is 10.1. The smallest absolute Gasteiger partial charge is 0.411 e. The molecule has 1 aliphatic rings. The van der Waals surface area contributed by atoms with Gasteiger partial charge in [0.25, 0.3) is 5.91 Å². The van der Waals surface area contributed by atoms with Gasteiger partial charge in [-0.1, -0.05) is 0 Å². The first-order valence-electron chi connectivity index (χ1n) is 9.78. The van der Waals surface area contributed by atoms with E-state index in [4.69, 9.17) is 9.47 Å². The van der Waals surface area contributed by atoms with Crippen LogP contribution in [0.3, 0.4) is 0 Å². The van der Waals surface area contributed by atoms with Crippen molar-refractivity contribution in [2.24, 2.45) is 0 Å². The molecule has 1 saturated heterocycles. The van der Waals surface area contributed by atoms with Crippen LogP contribution in [0.15, 0.2) is 27.8 Å². The lowest BCUT2D eigenvalue weighted by molar-refractivity contribution is -0.147. The Labute approximate surface area is 198 Å². The Bertz CT molecular complexity index is 1010. The summed E-state index contributed by atoms with van der Waals surface area (Å²) in [4.78, 5) is 49.2. The summed E-state index contributed by atoms with van der Waals surface area (Å²) in [5, 5.41) is 4.46. The van der Waals surface area contributed by atoms with Crippen molar-refractivity contribution in [3.05, 3.63) is 33.5 Å². The summed E-state index contributed by atoms with van der Waals surface area (Å²) in [7, 11) is 1.28. The van der Waals surface area contributed by atoms with Gasteiger partial charge in [0.15, 0.2) is 9.96 Å². The lowest BCUT2D eigenvalue weighted by atomic mass is 10.1. The minimum atomic E-state index is -0.866. The summed E-state index contributed by atoms with van der Waals surface area (Å²) in [6.45, 7) is 6.12. The number of carbonyl (C=O) groups is 3. The van der Waals surface area contributed by atoms with Crippen molar-refractivity contribution in [1.29, 1.82) is 0 Å². The van der Waals surface area contributed by atoms with E-state index in [0.717, 1.165) is 0 Å². The van der Waals surface area contributed by atoms with Crippen LogP contribution in [-0.2, 0) is 14.3 Å².